The molecule has 0 saturated heterocycles. The highest BCUT2D eigenvalue weighted by Gasteiger charge is 2.06. The molecule has 18 heavy (non-hydrogen) atoms. The zero-order valence-electron chi connectivity index (χ0n) is 10.5. The molecule has 0 fully saturated rings. The van der Waals surface area contributed by atoms with Crippen LogP contribution in [0.5, 0.6) is 0 Å². The number of aryl methyl sites for hydroxylation is 1. The van der Waals surface area contributed by atoms with Crippen molar-refractivity contribution in [1.29, 1.82) is 0 Å². The van der Waals surface area contributed by atoms with Crippen molar-refractivity contribution in [3.05, 3.63) is 36.0 Å². The summed E-state index contributed by atoms with van der Waals surface area (Å²) in [4.78, 5) is 4.32. The summed E-state index contributed by atoms with van der Waals surface area (Å²) in [6.45, 7) is 3.92. The van der Waals surface area contributed by atoms with Crippen LogP contribution in [0, 0.1) is 6.92 Å². The lowest BCUT2D eigenvalue weighted by molar-refractivity contribution is 0.942. The van der Waals surface area contributed by atoms with Crippen LogP contribution in [0.3, 0.4) is 0 Å². The molecule has 1 N–H and O–H groups in total. The van der Waals surface area contributed by atoms with Crippen LogP contribution in [0.4, 0.5) is 5.95 Å². The normalized spacial score (nSPS) is 10.8. The van der Waals surface area contributed by atoms with Crippen LogP contribution in [-0.2, 0) is 0 Å². The lowest BCUT2D eigenvalue weighted by Crippen LogP contribution is -2.02. The maximum absolute atomic E-state index is 4.32. The minimum atomic E-state index is 0.414. The van der Waals surface area contributed by atoms with Gasteiger partial charge >= 0.3 is 0 Å². The summed E-state index contributed by atoms with van der Waals surface area (Å²) in [7, 11) is 0. The Kier molecular flexibility index (Phi) is 3.96. The molecule has 1 aromatic carbocycles. The van der Waals surface area contributed by atoms with Gasteiger partial charge in [-0.1, -0.05) is 37.3 Å². The second-order valence-corrected chi connectivity index (χ2v) is 3.77. The molecule has 2 rings (SSSR count). The molecule has 0 aliphatic rings. The number of nitrogens with zero attached hydrogens (tertiary/aromatic N) is 4. The molecule has 0 aliphatic carbocycles. The lowest BCUT2D eigenvalue weighted by atomic mass is 10.1. The second-order valence-electron chi connectivity index (χ2n) is 3.77. The summed E-state index contributed by atoms with van der Waals surface area (Å²) in [6.07, 6.45) is 2.62. The minimum Gasteiger partial charge on any atom is -0.244 e. The van der Waals surface area contributed by atoms with E-state index in [9.17, 15) is 0 Å². The van der Waals surface area contributed by atoms with E-state index in [2.05, 4.69) is 25.7 Å². The van der Waals surface area contributed by atoms with Gasteiger partial charge in [-0.05, 0) is 13.3 Å². The molecule has 1 aromatic heterocycles. The van der Waals surface area contributed by atoms with Crippen LogP contribution in [0.2, 0.25) is 0 Å². The highest BCUT2D eigenvalue weighted by molar-refractivity contribution is 5.61. The molecule has 0 radical (unpaired) electrons. The van der Waals surface area contributed by atoms with Gasteiger partial charge in [-0.15, -0.1) is 10.2 Å². The maximum atomic E-state index is 4.32. The van der Waals surface area contributed by atoms with Crippen LogP contribution in [0.1, 0.15) is 19.0 Å². The number of rotatable bonds is 4. The number of hydrazone groups is 1. The van der Waals surface area contributed by atoms with Gasteiger partial charge in [-0.25, -0.2) is 10.4 Å². The highest BCUT2D eigenvalue weighted by atomic mass is 15.4. The summed E-state index contributed by atoms with van der Waals surface area (Å²) >= 11 is 0. The standard InChI is InChI=1S/C13H15N5/c1-3-9-14-17-13-15-10(2)12(16-18-13)11-7-5-4-6-8-11/h4-9H,3H2,1-2H3,(H,15,17,18). The Hall–Kier alpha value is -2.30. The SMILES string of the molecule is CCC=NNc1nnc(-c2ccccc2)c(C)n1. The Morgan fingerprint density at radius 1 is 1.22 bits per heavy atom. The highest BCUT2D eigenvalue weighted by Crippen LogP contribution is 2.18. The van der Waals surface area contributed by atoms with Crippen molar-refractivity contribution < 1.29 is 0 Å². The first-order chi connectivity index (χ1) is 8.81. The van der Waals surface area contributed by atoms with Gasteiger partial charge < -0.3 is 0 Å². The van der Waals surface area contributed by atoms with Crippen molar-refractivity contribution in [3.8, 4) is 11.3 Å². The smallest absolute Gasteiger partial charge is 0.244 e. The third kappa shape index (κ3) is 2.88. The van der Waals surface area contributed by atoms with Gasteiger partial charge in [-0.3, -0.25) is 0 Å². The topological polar surface area (TPSA) is 63.1 Å². The number of hydrogen-bond acceptors (Lipinski definition) is 5. The van der Waals surface area contributed by atoms with Crippen molar-refractivity contribution in [1.82, 2.24) is 15.2 Å². The number of anilines is 1. The van der Waals surface area contributed by atoms with Crippen LogP contribution in [0.15, 0.2) is 35.4 Å². The number of aromatic nitrogens is 3. The maximum Gasteiger partial charge on any atom is 0.263 e. The number of benzene rings is 1. The predicted molar refractivity (Wildman–Crippen MR) is 72.4 cm³/mol. The van der Waals surface area contributed by atoms with Gasteiger partial charge in [-0.2, -0.15) is 5.10 Å². The third-order valence-corrected chi connectivity index (χ3v) is 2.35. The van der Waals surface area contributed by atoms with Gasteiger partial charge in [0.25, 0.3) is 5.95 Å². The van der Waals surface area contributed by atoms with E-state index in [4.69, 9.17) is 0 Å². The number of hydrogen-bond donors (Lipinski definition) is 1. The largest absolute Gasteiger partial charge is 0.263 e. The van der Waals surface area contributed by atoms with Gasteiger partial charge in [0, 0.05) is 11.8 Å². The summed E-state index contributed by atoms with van der Waals surface area (Å²) in [5.41, 5.74) is 5.38. The number of nitrogens with one attached hydrogen (secondary N) is 1. The second kappa shape index (κ2) is 5.86. The average Bonchev–Trinajstić information content (AvgIpc) is 2.40. The Morgan fingerprint density at radius 3 is 2.67 bits per heavy atom. The first-order valence-corrected chi connectivity index (χ1v) is 5.85. The summed E-state index contributed by atoms with van der Waals surface area (Å²) < 4.78 is 0. The zero-order valence-corrected chi connectivity index (χ0v) is 10.5. The van der Waals surface area contributed by atoms with Crippen LogP contribution in [-0.4, -0.2) is 21.4 Å². The van der Waals surface area contributed by atoms with E-state index in [1.165, 1.54) is 0 Å². The fourth-order valence-corrected chi connectivity index (χ4v) is 1.51. The molecule has 5 heteroatoms. The van der Waals surface area contributed by atoms with Crippen molar-refractivity contribution in [2.45, 2.75) is 20.3 Å². The van der Waals surface area contributed by atoms with E-state index in [-0.39, 0.29) is 0 Å². The van der Waals surface area contributed by atoms with Crippen molar-refractivity contribution >= 4 is 12.2 Å². The monoisotopic (exact) mass is 241 g/mol. The molecule has 0 unspecified atom stereocenters. The van der Waals surface area contributed by atoms with E-state index >= 15 is 0 Å². The molecule has 5 nitrogen and oxygen atoms in total. The molecule has 0 atom stereocenters. The molecule has 1 heterocycles. The van der Waals surface area contributed by atoms with Gasteiger partial charge in [0.1, 0.15) is 5.69 Å². The van der Waals surface area contributed by atoms with Crippen LogP contribution in [0.25, 0.3) is 11.3 Å². The van der Waals surface area contributed by atoms with Gasteiger partial charge in [0.05, 0.1) is 5.69 Å². The van der Waals surface area contributed by atoms with Crippen molar-refractivity contribution in [2.24, 2.45) is 5.10 Å². The molecular weight excluding hydrogens is 226 g/mol. The van der Waals surface area contributed by atoms with Crippen molar-refractivity contribution in [3.63, 3.8) is 0 Å². The Morgan fingerprint density at radius 2 is 2.00 bits per heavy atom. The molecule has 0 spiro atoms. The molecule has 0 bridgehead atoms. The van der Waals surface area contributed by atoms with Gasteiger partial charge in [0.2, 0.25) is 0 Å². The molecule has 92 valence electrons. The third-order valence-electron chi connectivity index (χ3n) is 2.35. The molecule has 0 saturated carbocycles. The van der Waals surface area contributed by atoms with Gasteiger partial charge in [0.15, 0.2) is 0 Å². The first-order valence-electron chi connectivity index (χ1n) is 5.85. The van der Waals surface area contributed by atoms with E-state index in [1.807, 2.05) is 44.2 Å². The Bertz CT molecular complexity index is 536. The average molecular weight is 241 g/mol. The quantitative estimate of drug-likeness (QED) is 0.660. The van der Waals surface area contributed by atoms with Crippen LogP contribution >= 0.6 is 0 Å². The molecule has 2 aromatic rings. The van der Waals surface area contributed by atoms with Crippen molar-refractivity contribution in [2.75, 3.05) is 5.43 Å². The summed E-state index contributed by atoms with van der Waals surface area (Å²) in [6, 6.07) is 9.87. The minimum absolute atomic E-state index is 0.414. The lowest BCUT2D eigenvalue weighted by Gasteiger charge is -2.04. The van der Waals surface area contributed by atoms with E-state index < -0.39 is 0 Å². The first kappa shape index (κ1) is 12.2. The molecule has 0 aliphatic heterocycles. The zero-order chi connectivity index (χ0) is 12.8. The molecular formula is C13H15N5. The fraction of sp³-hybridized carbons (Fsp3) is 0.231. The van der Waals surface area contributed by atoms with E-state index in [1.54, 1.807) is 6.21 Å². The fourth-order valence-electron chi connectivity index (χ4n) is 1.51. The Labute approximate surface area is 106 Å². The van der Waals surface area contributed by atoms with Crippen LogP contribution < -0.4 is 5.43 Å². The predicted octanol–water partition coefficient (Wildman–Crippen LogP) is 2.65. The van der Waals surface area contributed by atoms with E-state index in [0.29, 0.717) is 5.95 Å². The van der Waals surface area contributed by atoms with E-state index in [0.717, 1.165) is 23.4 Å². The molecule has 0 amide bonds. The Balaban J connectivity index is 2.23. The summed E-state index contributed by atoms with van der Waals surface area (Å²) in [5.74, 6) is 0.414. The summed E-state index contributed by atoms with van der Waals surface area (Å²) in [5, 5.41) is 12.1.